The molecule has 5 heteroatoms. The number of ether oxygens (including phenoxy) is 1. The maximum absolute atomic E-state index is 10.1. The van der Waals surface area contributed by atoms with Crippen LogP contribution in [0.15, 0.2) is 0 Å². The topological polar surface area (TPSA) is 82.0 Å². The molecule has 0 unspecified atom stereocenters. The van der Waals surface area contributed by atoms with Gasteiger partial charge in [-0.1, -0.05) is 12.8 Å². The Kier molecular flexibility index (Phi) is 5.92. The molecule has 5 rings (SSSR count). The van der Waals surface area contributed by atoms with Gasteiger partial charge in [0.05, 0.1) is 18.8 Å². The van der Waals surface area contributed by atoms with E-state index in [1.807, 2.05) is 0 Å². The maximum atomic E-state index is 10.1. The number of β-amino-alcohol motifs (C(OH)–C–C–N with tert-alkyl or cyclic N) is 1. The van der Waals surface area contributed by atoms with Crippen LogP contribution in [0.4, 0.5) is 0 Å². The van der Waals surface area contributed by atoms with Crippen LogP contribution in [0, 0.1) is 23.2 Å². The Balaban J connectivity index is 1.16. The molecular weight excluding hydrogens is 330 g/mol. The first-order valence-corrected chi connectivity index (χ1v) is 10.9. The van der Waals surface area contributed by atoms with Gasteiger partial charge in [-0.15, -0.1) is 0 Å². The average Bonchev–Trinajstić information content (AvgIpc) is 2.60. The van der Waals surface area contributed by atoms with Crippen LogP contribution in [-0.2, 0) is 4.74 Å². The minimum absolute atomic E-state index is 0.0829. The summed E-state index contributed by atoms with van der Waals surface area (Å²) in [5.74, 6) is 3.10. The second kappa shape index (κ2) is 8.04. The molecule has 5 nitrogen and oxygen atoms in total. The van der Waals surface area contributed by atoms with E-state index in [4.69, 9.17) is 4.74 Å². The fourth-order valence-corrected chi connectivity index (χ4v) is 6.94. The van der Waals surface area contributed by atoms with Crippen molar-refractivity contribution in [3.8, 4) is 0 Å². The number of aliphatic hydroxyl groups excluding tert-OH is 3. The van der Waals surface area contributed by atoms with E-state index in [1.165, 1.54) is 57.8 Å². The predicted octanol–water partition coefficient (Wildman–Crippen LogP) is 1.83. The van der Waals surface area contributed by atoms with E-state index in [9.17, 15) is 15.3 Å². The molecule has 4 N–H and O–H groups in total. The lowest BCUT2D eigenvalue weighted by Gasteiger charge is -2.57. The van der Waals surface area contributed by atoms with E-state index in [-0.39, 0.29) is 12.6 Å². The monoisotopic (exact) mass is 367 g/mol. The number of nitrogens with one attached hydrogen (secondary N) is 1. The molecule has 1 saturated heterocycles. The number of aliphatic hydroxyl groups is 3. The van der Waals surface area contributed by atoms with Crippen LogP contribution < -0.4 is 5.32 Å². The van der Waals surface area contributed by atoms with E-state index in [1.54, 1.807) is 0 Å². The van der Waals surface area contributed by atoms with Gasteiger partial charge in [-0.25, -0.2) is 0 Å². The third-order valence-electron chi connectivity index (χ3n) is 7.74. The minimum Gasteiger partial charge on any atom is -0.395 e. The van der Waals surface area contributed by atoms with Crippen molar-refractivity contribution in [3.05, 3.63) is 0 Å². The van der Waals surface area contributed by atoms with Gasteiger partial charge in [0.15, 0.2) is 0 Å². The Morgan fingerprint density at radius 1 is 0.923 bits per heavy atom. The van der Waals surface area contributed by atoms with Gasteiger partial charge in [-0.2, -0.15) is 0 Å². The van der Waals surface area contributed by atoms with E-state index < -0.39 is 18.3 Å². The van der Waals surface area contributed by atoms with Crippen molar-refractivity contribution in [2.24, 2.45) is 23.2 Å². The third-order valence-corrected chi connectivity index (χ3v) is 7.74. The molecule has 0 aromatic carbocycles. The highest BCUT2D eigenvalue weighted by Crippen LogP contribution is 2.61. The van der Waals surface area contributed by atoms with Crippen molar-refractivity contribution in [1.82, 2.24) is 5.32 Å². The van der Waals surface area contributed by atoms with Crippen molar-refractivity contribution in [2.45, 2.75) is 88.6 Å². The Bertz CT molecular complexity index is 434. The summed E-state index contributed by atoms with van der Waals surface area (Å²) < 4.78 is 5.83. The zero-order valence-corrected chi connectivity index (χ0v) is 16.0. The standard InChI is InChI=1S/C21H37NO4/c23-13-17-20(19(25)18(24)12-22-17)26-5-3-1-2-4-21-9-14-6-15(10-21)8-16(7-14)11-21/h14-20,22-25H,1-13H2/t14?,15?,16?,17-,18+,19-,20-,21?/m1/s1. The quantitative estimate of drug-likeness (QED) is 0.492. The number of hydrogen-bond donors (Lipinski definition) is 4. The molecule has 0 radical (unpaired) electrons. The minimum atomic E-state index is -0.916. The highest BCUT2D eigenvalue weighted by Gasteiger charge is 2.50. The van der Waals surface area contributed by atoms with Crippen LogP contribution in [0.3, 0.4) is 0 Å². The zero-order valence-electron chi connectivity index (χ0n) is 16.0. The van der Waals surface area contributed by atoms with Crippen molar-refractivity contribution in [2.75, 3.05) is 19.8 Å². The summed E-state index contributed by atoms with van der Waals surface area (Å²) in [6, 6.07) is -0.291. The summed E-state index contributed by atoms with van der Waals surface area (Å²) in [6.07, 6.45) is 11.6. The Hall–Kier alpha value is -0.200. The Labute approximate surface area is 157 Å². The van der Waals surface area contributed by atoms with Gasteiger partial charge in [0, 0.05) is 13.2 Å². The molecule has 0 amide bonds. The van der Waals surface area contributed by atoms with Crippen molar-refractivity contribution in [3.63, 3.8) is 0 Å². The molecule has 4 aliphatic carbocycles. The molecule has 0 spiro atoms. The van der Waals surface area contributed by atoms with Crippen LogP contribution in [0.5, 0.6) is 0 Å². The lowest BCUT2D eigenvalue weighted by molar-refractivity contribution is -0.129. The van der Waals surface area contributed by atoms with E-state index in [0.29, 0.717) is 18.6 Å². The van der Waals surface area contributed by atoms with Crippen LogP contribution in [0.2, 0.25) is 0 Å². The summed E-state index contributed by atoms with van der Waals surface area (Å²) in [5, 5.41) is 32.4. The average molecular weight is 368 g/mol. The van der Waals surface area contributed by atoms with Gasteiger partial charge in [0.25, 0.3) is 0 Å². The molecule has 4 bridgehead atoms. The van der Waals surface area contributed by atoms with Crippen LogP contribution >= 0.6 is 0 Å². The van der Waals surface area contributed by atoms with Gasteiger partial charge in [0.2, 0.25) is 0 Å². The summed E-state index contributed by atoms with van der Waals surface area (Å²) in [7, 11) is 0. The molecular formula is C21H37NO4. The van der Waals surface area contributed by atoms with Crippen LogP contribution in [0.1, 0.15) is 64.2 Å². The summed E-state index contributed by atoms with van der Waals surface area (Å²) in [5.41, 5.74) is 0.672. The number of hydrogen-bond acceptors (Lipinski definition) is 5. The summed E-state index contributed by atoms with van der Waals surface area (Å²) in [4.78, 5) is 0. The largest absolute Gasteiger partial charge is 0.395 e. The molecule has 150 valence electrons. The van der Waals surface area contributed by atoms with Crippen LogP contribution in [-0.4, -0.2) is 59.4 Å². The van der Waals surface area contributed by atoms with E-state index in [2.05, 4.69) is 5.32 Å². The fourth-order valence-electron chi connectivity index (χ4n) is 6.94. The normalized spacial score (nSPS) is 47.4. The molecule has 0 aromatic heterocycles. The lowest BCUT2D eigenvalue weighted by atomic mass is 9.48. The van der Waals surface area contributed by atoms with Gasteiger partial charge in [-0.3, -0.25) is 0 Å². The highest BCUT2D eigenvalue weighted by atomic mass is 16.5. The fraction of sp³-hybridized carbons (Fsp3) is 1.00. The smallest absolute Gasteiger partial charge is 0.109 e. The molecule has 5 aliphatic rings. The molecule has 5 fully saturated rings. The first kappa shape index (κ1) is 19.1. The highest BCUT2D eigenvalue weighted by molar-refractivity contribution is 5.01. The van der Waals surface area contributed by atoms with E-state index in [0.717, 1.165) is 24.2 Å². The van der Waals surface area contributed by atoms with Crippen molar-refractivity contribution in [1.29, 1.82) is 0 Å². The van der Waals surface area contributed by atoms with E-state index >= 15 is 0 Å². The Morgan fingerprint density at radius 2 is 1.58 bits per heavy atom. The first-order valence-electron chi connectivity index (χ1n) is 10.9. The van der Waals surface area contributed by atoms with Crippen LogP contribution in [0.25, 0.3) is 0 Å². The summed E-state index contributed by atoms with van der Waals surface area (Å²) >= 11 is 0. The molecule has 1 aliphatic heterocycles. The molecule has 26 heavy (non-hydrogen) atoms. The number of piperidine rings is 1. The molecule has 1 heterocycles. The second-order valence-electron chi connectivity index (χ2n) is 9.82. The molecule has 4 atom stereocenters. The Morgan fingerprint density at radius 3 is 2.19 bits per heavy atom. The van der Waals surface area contributed by atoms with Crippen molar-refractivity contribution < 1.29 is 20.1 Å². The SMILES string of the molecule is OC[C@H]1NC[C@H](O)[C@@H](O)[C@@H]1OCCCCCC12CC3CC(CC(C3)C1)C2. The number of rotatable bonds is 8. The first-order chi connectivity index (χ1) is 12.6. The zero-order chi connectivity index (χ0) is 18.1. The lowest BCUT2D eigenvalue weighted by Crippen LogP contribution is -2.61. The van der Waals surface area contributed by atoms with Gasteiger partial charge >= 0.3 is 0 Å². The molecule has 4 saturated carbocycles. The third kappa shape index (κ3) is 3.97. The molecule has 0 aromatic rings. The van der Waals surface area contributed by atoms with Gasteiger partial charge in [0.1, 0.15) is 12.2 Å². The van der Waals surface area contributed by atoms with Crippen molar-refractivity contribution >= 4 is 0 Å². The van der Waals surface area contributed by atoms with Gasteiger partial charge in [-0.05, 0) is 74.5 Å². The van der Waals surface area contributed by atoms with Gasteiger partial charge < -0.3 is 25.4 Å². The second-order valence-corrected chi connectivity index (χ2v) is 9.82. The predicted molar refractivity (Wildman–Crippen MR) is 99.7 cm³/mol. The summed E-state index contributed by atoms with van der Waals surface area (Å²) in [6.45, 7) is 0.811. The maximum Gasteiger partial charge on any atom is 0.109 e. The number of unbranched alkanes of at least 4 members (excludes halogenated alkanes) is 2.